The molecule has 1 aliphatic carbocycles. The lowest BCUT2D eigenvalue weighted by Gasteiger charge is -2.47. The number of aliphatic hydroxyl groups is 1. The van der Waals surface area contributed by atoms with Crippen LogP contribution >= 0.6 is 0 Å². The highest BCUT2D eigenvalue weighted by atomic mass is 16.5. The number of piperidine rings is 1. The molecule has 0 radical (unpaired) electrons. The smallest absolute Gasteiger partial charge is 0.339 e. The molecule has 36 heavy (non-hydrogen) atoms. The number of carbonyl (C=O) groups is 3. The first kappa shape index (κ1) is 25.7. The predicted octanol–water partition coefficient (Wildman–Crippen LogP) is 1.17. The maximum atomic E-state index is 12.5. The summed E-state index contributed by atoms with van der Waals surface area (Å²) in [6.45, 7) is 3.75. The molecule has 2 aliphatic rings. The molecule has 0 bridgehead atoms. The number of likely N-dealkylation sites (tertiary alicyclic amines) is 1. The van der Waals surface area contributed by atoms with Crippen LogP contribution < -0.4 is 21.0 Å². The van der Waals surface area contributed by atoms with Crippen LogP contribution in [0.15, 0.2) is 27.4 Å². The van der Waals surface area contributed by atoms with Gasteiger partial charge in [0, 0.05) is 36.0 Å². The molecule has 1 saturated heterocycles. The number of nitrogens with zero attached hydrogens (tertiary/aromatic N) is 1. The fourth-order valence-electron chi connectivity index (χ4n) is 5.04. The van der Waals surface area contributed by atoms with Crippen LogP contribution in [0.5, 0.6) is 5.75 Å². The number of benzene rings is 1. The van der Waals surface area contributed by atoms with Crippen LogP contribution in [0.25, 0.3) is 11.0 Å². The first-order valence-corrected chi connectivity index (χ1v) is 12.4. The molecule has 0 unspecified atom stereocenters. The third kappa shape index (κ3) is 5.70. The first-order chi connectivity index (χ1) is 17.2. The Hall–Kier alpha value is -3.40. The molecule has 10 nitrogen and oxygen atoms in total. The van der Waals surface area contributed by atoms with Crippen molar-refractivity contribution < 1.29 is 28.6 Å². The summed E-state index contributed by atoms with van der Waals surface area (Å²) in [6, 6.07) is 4.98. The number of hydrogen-bond acceptors (Lipinski definition) is 7. The third-order valence-electron chi connectivity index (χ3n) is 7.46. The predicted molar refractivity (Wildman–Crippen MR) is 132 cm³/mol. The number of hydrogen-bond donors (Lipinski definition) is 3. The van der Waals surface area contributed by atoms with E-state index in [1.165, 1.54) is 0 Å². The number of amides is 3. The molecular weight excluding hydrogens is 466 g/mol. The van der Waals surface area contributed by atoms with Crippen LogP contribution in [0.3, 0.4) is 0 Å². The normalized spacial score (nSPS) is 21.5. The van der Waals surface area contributed by atoms with Gasteiger partial charge >= 0.3 is 5.63 Å². The summed E-state index contributed by atoms with van der Waals surface area (Å²) < 4.78 is 10.7. The molecule has 10 heteroatoms. The van der Waals surface area contributed by atoms with Crippen molar-refractivity contribution in [2.75, 3.05) is 32.8 Å². The van der Waals surface area contributed by atoms with Gasteiger partial charge in [0.2, 0.25) is 11.8 Å². The molecule has 2 fully saturated rings. The third-order valence-corrected chi connectivity index (χ3v) is 7.46. The largest absolute Gasteiger partial charge is 0.484 e. The number of carbonyl (C=O) groups excluding carboxylic acids is 3. The van der Waals surface area contributed by atoms with Crippen LogP contribution in [-0.4, -0.2) is 66.1 Å². The van der Waals surface area contributed by atoms with Crippen LogP contribution in [0, 0.1) is 19.8 Å². The van der Waals surface area contributed by atoms with Crippen molar-refractivity contribution in [1.29, 1.82) is 0 Å². The summed E-state index contributed by atoms with van der Waals surface area (Å²) in [4.78, 5) is 50.3. The summed E-state index contributed by atoms with van der Waals surface area (Å²) in [7, 11) is 0. The number of rotatable bonds is 7. The Morgan fingerprint density at radius 2 is 1.89 bits per heavy atom. The molecular formula is C26H33N3O7. The quantitative estimate of drug-likeness (QED) is 0.486. The molecule has 4 rings (SSSR count). The Labute approximate surface area is 209 Å². The molecule has 194 valence electrons. The molecule has 1 saturated carbocycles. The minimum Gasteiger partial charge on any atom is -0.484 e. The number of nitrogens with one attached hydrogen (secondary N) is 2. The van der Waals surface area contributed by atoms with Crippen molar-refractivity contribution in [3.63, 3.8) is 0 Å². The second kappa shape index (κ2) is 10.7. The molecule has 1 aromatic carbocycles. The second-order valence-electron chi connectivity index (χ2n) is 9.78. The van der Waals surface area contributed by atoms with Gasteiger partial charge in [-0.25, -0.2) is 4.79 Å². The van der Waals surface area contributed by atoms with E-state index in [-0.39, 0.29) is 31.5 Å². The highest BCUT2D eigenvalue weighted by Gasteiger charge is 2.43. The maximum absolute atomic E-state index is 12.5. The number of aryl methyl sites for hydroxylation is 1. The topological polar surface area (TPSA) is 138 Å². The summed E-state index contributed by atoms with van der Waals surface area (Å²) in [5.41, 5.74) is 0.652. The highest BCUT2D eigenvalue weighted by Crippen LogP contribution is 2.39. The van der Waals surface area contributed by atoms with Gasteiger partial charge in [-0.1, -0.05) is 12.8 Å². The van der Waals surface area contributed by atoms with Crippen LogP contribution in [0.2, 0.25) is 0 Å². The van der Waals surface area contributed by atoms with Crippen molar-refractivity contribution in [1.82, 2.24) is 15.5 Å². The van der Waals surface area contributed by atoms with Crippen molar-refractivity contribution in [2.24, 2.45) is 5.92 Å². The minimum atomic E-state index is -0.663. The monoisotopic (exact) mass is 499 g/mol. The molecule has 3 amide bonds. The zero-order valence-electron chi connectivity index (χ0n) is 20.7. The highest BCUT2D eigenvalue weighted by molar-refractivity contribution is 5.88. The molecule has 2 atom stereocenters. The van der Waals surface area contributed by atoms with Crippen LogP contribution in [0.4, 0.5) is 0 Å². The Balaban J connectivity index is 1.18. The number of fused-ring (bicyclic) bond motifs is 2. The lowest BCUT2D eigenvalue weighted by atomic mass is 9.71. The summed E-state index contributed by atoms with van der Waals surface area (Å²) in [6.07, 6.45) is 4.35. The number of ether oxygens (including phenoxy) is 1. The molecule has 1 aliphatic heterocycles. The zero-order valence-corrected chi connectivity index (χ0v) is 20.7. The van der Waals surface area contributed by atoms with E-state index in [1.54, 1.807) is 30.0 Å². The van der Waals surface area contributed by atoms with Gasteiger partial charge in [-0.3, -0.25) is 14.4 Å². The summed E-state index contributed by atoms with van der Waals surface area (Å²) >= 11 is 0. The Morgan fingerprint density at radius 3 is 2.69 bits per heavy atom. The van der Waals surface area contributed by atoms with E-state index in [0.29, 0.717) is 36.4 Å². The van der Waals surface area contributed by atoms with E-state index in [0.717, 1.165) is 36.6 Å². The zero-order chi connectivity index (χ0) is 25.9. The average Bonchev–Trinajstić information content (AvgIpc) is 2.87. The Kier molecular flexibility index (Phi) is 7.63. The molecule has 2 aromatic rings. The van der Waals surface area contributed by atoms with Crippen molar-refractivity contribution in [3.8, 4) is 5.75 Å². The van der Waals surface area contributed by atoms with Crippen molar-refractivity contribution in [3.05, 3.63) is 39.7 Å². The standard InChI is InChI=1S/C26H33N3O7/c1-16-17(2)25(33)36-21-11-19(6-7-20(16)21)35-15-23(31)27-12-22(30)28-13-24(32)29-10-9-26(34)8-4-3-5-18(26)14-29/h6-7,11,18,34H,3-5,8-10,12-15H2,1-2H3,(H,27,31)(H,28,30)/t18-,26+/m0/s1. The summed E-state index contributed by atoms with van der Waals surface area (Å²) in [5, 5.41) is 16.5. The van der Waals surface area contributed by atoms with E-state index >= 15 is 0 Å². The van der Waals surface area contributed by atoms with E-state index in [4.69, 9.17) is 9.15 Å². The average molecular weight is 500 g/mol. The van der Waals surface area contributed by atoms with Gasteiger partial charge in [0.15, 0.2) is 6.61 Å². The summed E-state index contributed by atoms with van der Waals surface area (Å²) in [5.74, 6) is -0.748. The minimum absolute atomic E-state index is 0.0886. The lowest BCUT2D eigenvalue weighted by Crippen LogP contribution is -2.56. The maximum Gasteiger partial charge on any atom is 0.339 e. The Morgan fingerprint density at radius 1 is 1.11 bits per heavy atom. The van der Waals surface area contributed by atoms with Crippen LogP contribution in [0.1, 0.15) is 43.2 Å². The van der Waals surface area contributed by atoms with Crippen molar-refractivity contribution >= 4 is 28.7 Å². The van der Waals surface area contributed by atoms with Gasteiger partial charge in [0.1, 0.15) is 11.3 Å². The first-order valence-electron chi connectivity index (χ1n) is 12.4. The fourth-order valence-corrected chi connectivity index (χ4v) is 5.04. The van der Waals surface area contributed by atoms with Gasteiger partial charge in [-0.2, -0.15) is 0 Å². The Bertz CT molecular complexity index is 1220. The van der Waals surface area contributed by atoms with E-state index in [1.807, 2.05) is 6.92 Å². The van der Waals surface area contributed by atoms with Gasteiger partial charge in [-0.15, -0.1) is 0 Å². The van der Waals surface area contributed by atoms with Gasteiger partial charge in [0.05, 0.1) is 18.7 Å². The molecule has 3 N–H and O–H groups in total. The molecule has 1 aromatic heterocycles. The van der Waals surface area contributed by atoms with Gasteiger partial charge in [0.25, 0.3) is 5.91 Å². The van der Waals surface area contributed by atoms with Gasteiger partial charge < -0.3 is 29.8 Å². The van der Waals surface area contributed by atoms with E-state index in [2.05, 4.69) is 10.6 Å². The van der Waals surface area contributed by atoms with Crippen LogP contribution in [-0.2, 0) is 14.4 Å². The second-order valence-corrected chi connectivity index (χ2v) is 9.78. The lowest BCUT2D eigenvalue weighted by molar-refractivity contribution is -0.143. The molecule has 2 heterocycles. The van der Waals surface area contributed by atoms with E-state index in [9.17, 15) is 24.3 Å². The fraction of sp³-hybridized carbons (Fsp3) is 0.538. The molecule has 0 spiro atoms. The van der Waals surface area contributed by atoms with Gasteiger partial charge in [-0.05, 0) is 50.8 Å². The SMILES string of the molecule is Cc1c(C)c2ccc(OCC(=O)NCC(=O)NCC(=O)N3CC[C@]4(O)CCCC[C@H]4C3)cc2oc1=O. The van der Waals surface area contributed by atoms with E-state index < -0.39 is 23.0 Å². The van der Waals surface area contributed by atoms with Crippen molar-refractivity contribution in [2.45, 2.75) is 51.6 Å².